The van der Waals surface area contributed by atoms with Crippen molar-refractivity contribution >= 4 is 11.7 Å². The van der Waals surface area contributed by atoms with Crippen molar-refractivity contribution in [2.45, 2.75) is 38.7 Å². The Bertz CT molecular complexity index is 576. The SMILES string of the molecule is CC1CCCCC1OC(=O)c1c(F)ccc([N+](=O)[O-])c1F. The molecule has 2 unspecified atom stereocenters. The van der Waals surface area contributed by atoms with Crippen LogP contribution < -0.4 is 0 Å². The molecule has 1 aliphatic rings. The van der Waals surface area contributed by atoms with Gasteiger partial charge in [-0.25, -0.2) is 9.18 Å². The molecule has 0 heterocycles. The quantitative estimate of drug-likeness (QED) is 0.485. The van der Waals surface area contributed by atoms with Crippen molar-refractivity contribution < 1.29 is 23.2 Å². The van der Waals surface area contributed by atoms with Gasteiger partial charge in [0.15, 0.2) is 0 Å². The van der Waals surface area contributed by atoms with E-state index in [1.54, 1.807) is 0 Å². The average Bonchev–Trinajstić information content (AvgIpc) is 2.41. The highest BCUT2D eigenvalue weighted by molar-refractivity contribution is 5.91. The van der Waals surface area contributed by atoms with Crippen molar-refractivity contribution in [3.63, 3.8) is 0 Å². The van der Waals surface area contributed by atoms with Crippen LogP contribution in [0, 0.1) is 27.7 Å². The third-order valence-corrected chi connectivity index (χ3v) is 3.76. The summed E-state index contributed by atoms with van der Waals surface area (Å²) in [5.74, 6) is -3.74. The molecule has 1 aromatic rings. The fourth-order valence-corrected chi connectivity index (χ4v) is 2.52. The molecule has 2 rings (SSSR count). The predicted molar refractivity (Wildman–Crippen MR) is 69.8 cm³/mol. The van der Waals surface area contributed by atoms with Gasteiger partial charge in [-0.15, -0.1) is 0 Å². The number of esters is 1. The lowest BCUT2D eigenvalue weighted by Crippen LogP contribution is -2.29. The van der Waals surface area contributed by atoms with Gasteiger partial charge < -0.3 is 4.74 Å². The fraction of sp³-hybridized carbons (Fsp3) is 0.500. The smallest absolute Gasteiger partial charge is 0.344 e. The van der Waals surface area contributed by atoms with Gasteiger partial charge in [-0.2, -0.15) is 4.39 Å². The van der Waals surface area contributed by atoms with Gasteiger partial charge in [0.25, 0.3) is 0 Å². The van der Waals surface area contributed by atoms with E-state index < -0.39 is 39.9 Å². The van der Waals surface area contributed by atoms with Crippen molar-refractivity contribution in [2.24, 2.45) is 5.92 Å². The van der Waals surface area contributed by atoms with Crippen LogP contribution in [0.25, 0.3) is 0 Å². The van der Waals surface area contributed by atoms with E-state index in [2.05, 4.69) is 0 Å². The van der Waals surface area contributed by atoms with Crippen LogP contribution in [0.15, 0.2) is 12.1 Å². The highest BCUT2D eigenvalue weighted by Crippen LogP contribution is 2.29. The standard InChI is InChI=1S/C14H15F2NO4/c1-8-4-2-3-5-11(8)21-14(18)12-9(15)6-7-10(13(12)16)17(19)20/h6-8,11H,2-5H2,1H3. The number of hydrogen-bond acceptors (Lipinski definition) is 4. The number of nitrogens with zero attached hydrogens (tertiary/aromatic N) is 1. The molecule has 21 heavy (non-hydrogen) atoms. The highest BCUT2D eigenvalue weighted by atomic mass is 19.1. The van der Waals surface area contributed by atoms with Crippen molar-refractivity contribution in [1.29, 1.82) is 0 Å². The number of nitro benzene ring substituents is 1. The van der Waals surface area contributed by atoms with Crippen LogP contribution in [-0.2, 0) is 4.74 Å². The van der Waals surface area contributed by atoms with E-state index in [9.17, 15) is 23.7 Å². The summed E-state index contributed by atoms with van der Waals surface area (Å²) in [6.45, 7) is 1.90. The molecule has 0 N–H and O–H groups in total. The summed E-state index contributed by atoms with van der Waals surface area (Å²) in [6, 6.07) is 1.38. The summed E-state index contributed by atoms with van der Waals surface area (Å²) in [4.78, 5) is 21.6. The highest BCUT2D eigenvalue weighted by Gasteiger charge is 2.31. The molecule has 0 radical (unpaired) electrons. The molecule has 5 nitrogen and oxygen atoms in total. The molecule has 0 amide bonds. The number of carbonyl (C=O) groups is 1. The van der Waals surface area contributed by atoms with Crippen LogP contribution in [0.1, 0.15) is 43.0 Å². The number of ether oxygens (including phenoxy) is 1. The summed E-state index contributed by atoms with van der Waals surface area (Å²) in [7, 11) is 0. The first-order valence-electron chi connectivity index (χ1n) is 6.75. The fourth-order valence-electron chi connectivity index (χ4n) is 2.52. The predicted octanol–water partition coefficient (Wildman–Crippen LogP) is 3.61. The van der Waals surface area contributed by atoms with Gasteiger partial charge in [-0.05, 0) is 31.2 Å². The van der Waals surface area contributed by atoms with Crippen molar-refractivity contribution in [3.8, 4) is 0 Å². The van der Waals surface area contributed by atoms with Gasteiger partial charge in [0.2, 0.25) is 5.82 Å². The summed E-state index contributed by atoms with van der Waals surface area (Å²) in [5.41, 5.74) is -1.94. The topological polar surface area (TPSA) is 69.4 Å². The molecule has 7 heteroatoms. The molecule has 2 atom stereocenters. The molecule has 0 aliphatic heterocycles. The van der Waals surface area contributed by atoms with Crippen molar-refractivity contribution in [3.05, 3.63) is 39.4 Å². The lowest BCUT2D eigenvalue weighted by Gasteiger charge is -2.28. The Hall–Kier alpha value is -2.05. The minimum atomic E-state index is -1.49. The zero-order valence-electron chi connectivity index (χ0n) is 11.5. The number of benzene rings is 1. The third-order valence-electron chi connectivity index (χ3n) is 3.76. The molecule has 1 aromatic carbocycles. The van der Waals surface area contributed by atoms with E-state index in [1.807, 2.05) is 6.92 Å². The summed E-state index contributed by atoms with van der Waals surface area (Å²) in [6.07, 6.45) is 2.99. The molecule has 1 saturated carbocycles. The minimum Gasteiger partial charge on any atom is -0.458 e. The Morgan fingerprint density at radius 3 is 2.62 bits per heavy atom. The maximum atomic E-state index is 13.9. The van der Waals surface area contributed by atoms with Gasteiger partial charge in [0.1, 0.15) is 17.5 Å². The first-order chi connectivity index (χ1) is 9.91. The van der Waals surface area contributed by atoms with Gasteiger partial charge >= 0.3 is 11.7 Å². The van der Waals surface area contributed by atoms with Gasteiger partial charge in [-0.3, -0.25) is 10.1 Å². The molecule has 0 aromatic heterocycles. The first-order valence-corrected chi connectivity index (χ1v) is 6.75. The first kappa shape index (κ1) is 15.3. The summed E-state index contributed by atoms with van der Waals surface area (Å²) < 4.78 is 32.7. The Balaban J connectivity index is 2.26. The van der Waals surface area contributed by atoms with Crippen LogP contribution >= 0.6 is 0 Å². The second-order valence-corrected chi connectivity index (χ2v) is 5.22. The van der Waals surface area contributed by atoms with E-state index in [1.165, 1.54) is 0 Å². The van der Waals surface area contributed by atoms with Crippen LogP contribution in [-0.4, -0.2) is 17.0 Å². The Morgan fingerprint density at radius 1 is 1.33 bits per heavy atom. The summed E-state index contributed by atoms with van der Waals surface area (Å²) in [5, 5.41) is 10.6. The number of rotatable bonds is 3. The second kappa shape index (κ2) is 6.15. The van der Waals surface area contributed by atoms with E-state index >= 15 is 0 Å². The van der Waals surface area contributed by atoms with Gasteiger partial charge in [0.05, 0.1) is 4.92 Å². The lowest BCUT2D eigenvalue weighted by molar-refractivity contribution is -0.387. The maximum Gasteiger partial charge on any atom is 0.344 e. The maximum absolute atomic E-state index is 13.9. The van der Waals surface area contributed by atoms with Crippen molar-refractivity contribution in [1.82, 2.24) is 0 Å². The van der Waals surface area contributed by atoms with E-state index in [0.29, 0.717) is 18.6 Å². The second-order valence-electron chi connectivity index (χ2n) is 5.22. The third kappa shape index (κ3) is 3.17. The Morgan fingerprint density at radius 2 is 2.00 bits per heavy atom. The molecule has 0 spiro atoms. The zero-order chi connectivity index (χ0) is 15.6. The summed E-state index contributed by atoms with van der Waals surface area (Å²) >= 11 is 0. The number of nitro groups is 1. The Labute approximate surface area is 120 Å². The Kier molecular flexibility index (Phi) is 4.50. The van der Waals surface area contributed by atoms with E-state index in [-0.39, 0.29) is 5.92 Å². The minimum absolute atomic E-state index is 0.104. The number of carbonyl (C=O) groups excluding carboxylic acids is 1. The molecule has 0 saturated heterocycles. The largest absolute Gasteiger partial charge is 0.458 e. The molecule has 1 fully saturated rings. The van der Waals surface area contributed by atoms with Crippen LogP contribution in [0.4, 0.5) is 14.5 Å². The van der Waals surface area contributed by atoms with E-state index in [0.717, 1.165) is 19.3 Å². The molecule has 1 aliphatic carbocycles. The average molecular weight is 299 g/mol. The van der Waals surface area contributed by atoms with Gasteiger partial charge in [0, 0.05) is 6.07 Å². The van der Waals surface area contributed by atoms with Crippen LogP contribution in [0.3, 0.4) is 0 Å². The van der Waals surface area contributed by atoms with E-state index in [4.69, 9.17) is 4.74 Å². The van der Waals surface area contributed by atoms with Crippen molar-refractivity contribution in [2.75, 3.05) is 0 Å². The number of hydrogen-bond donors (Lipinski definition) is 0. The lowest BCUT2D eigenvalue weighted by atomic mass is 9.88. The van der Waals surface area contributed by atoms with Gasteiger partial charge in [-0.1, -0.05) is 13.3 Å². The number of halogens is 2. The normalized spacial score (nSPS) is 21.9. The molecule has 114 valence electrons. The monoisotopic (exact) mass is 299 g/mol. The molecular formula is C14H15F2NO4. The molecular weight excluding hydrogens is 284 g/mol. The zero-order valence-corrected chi connectivity index (χ0v) is 11.5. The molecule has 0 bridgehead atoms. The van der Waals surface area contributed by atoms with Crippen LogP contribution in [0.5, 0.6) is 0 Å². The van der Waals surface area contributed by atoms with Crippen LogP contribution in [0.2, 0.25) is 0 Å².